The third-order valence-electron chi connectivity index (χ3n) is 6.31. The summed E-state index contributed by atoms with van der Waals surface area (Å²) in [6.45, 7) is 5.65. The zero-order valence-electron chi connectivity index (χ0n) is 18.3. The number of aliphatic hydroxyl groups excluding tert-OH is 1. The van der Waals surface area contributed by atoms with Gasteiger partial charge in [-0.3, -0.25) is 0 Å². The van der Waals surface area contributed by atoms with Gasteiger partial charge < -0.3 is 15.3 Å². The van der Waals surface area contributed by atoms with Gasteiger partial charge in [0.1, 0.15) is 11.3 Å². The molecule has 4 nitrogen and oxygen atoms in total. The summed E-state index contributed by atoms with van der Waals surface area (Å²) in [5.74, 6) is 7.76. The van der Waals surface area contributed by atoms with Gasteiger partial charge in [0.2, 0.25) is 0 Å². The molecule has 4 heteroatoms. The minimum Gasteiger partial charge on any atom is -0.464 e. The van der Waals surface area contributed by atoms with E-state index in [0.717, 1.165) is 46.4 Å². The van der Waals surface area contributed by atoms with Crippen LogP contribution in [-0.2, 0) is 6.42 Å². The molecule has 4 rings (SSSR count). The van der Waals surface area contributed by atoms with E-state index in [1.807, 2.05) is 43.5 Å². The molecule has 2 aromatic rings. The minimum atomic E-state index is -0.685. The molecule has 1 saturated carbocycles. The van der Waals surface area contributed by atoms with Crippen molar-refractivity contribution in [1.82, 2.24) is 0 Å². The fourth-order valence-corrected chi connectivity index (χ4v) is 4.42. The Balaban J connectivity index is 1.37. The number of hydrogen-bond donors (Lipinski definition) is 2. The molecule has 0 spiro atoms. The molecule has 0 bridgehead atoms. The first-order valence-corrected chi connectivity index (χ1v) is 11.0. The van der Waals surface area contributed by atoms with Crippen molar-refractivity contribution in [3.63, 3.8) is 0 Å². The van der Waals surface area contributed by atoms with Crippen LogP contribution in [0.25, 0.3) is 11.3 Å². The lowest BCUT2D eigenvalue weighted by molar-refractivity contribution is 0.222. The Morgan fingerprint density at radius 2 is 2.09 bits per heavy atom. The van der Waals surface area contributed by atoms with Crippen molar-refractivity contribution < 1.29 is 9.52 Å². The number of furan rings is 1. The van der Waals surface area contributed by atoms with Gasteiger partial charge in [-0.15, -0.1) is 0 Å². The van der Waals surface area contributed by atoms with Crippen LogP contribution in [0.15, 0.2) is 77.0 Å². The van der Waals surface area contributed by atoms with Gasteiger partial charge >= 0.3 is 0 Å². The van der Waals surface area contributed by atoms with Gasteiger partial charge in [0.25, 0.3) is 0 Å². The van der Waals surface area contributed by atoms with Gasteiger partial charge in [-0.25, -0.2) is 0 Å². The first-order valence-electron chi connectivity index (χ1n) is 11.0. The van der Waals surface area contributed by atoms with Crippen molar-refractivity contribution >= 4 is 0 Å². The Labute approximate surface area is 189 Å². The number of rotatable bonds is 5. The van der Waals surface area contributed by atoms with E-state index in [2.05, 4.69) is 42.7 Å². The summed E-state index contributed by atoms with van der Waals surface area (Å²) < 4.78 is 5.83. The third kappa shape index (κ3) is 4.78. The molecule has 0 radical (unpaired) electrons. The van der Waals surface area contributed by atoms with E-state index in [0.29, 0.717) is 18.8 Å². The van der Waals surface area contributed by atoms with Crippen molar-refractivity contribution in [3.05, 3.63) is 83.7 Å². The van der Waals surface area contributed by atoms with E-state index in [4.69, 9.17) is 15.4 Å². The summed E-state index contributed by atoms with van der Waals surface area (Å²) in [7, 11) is 0. The molecule has 3 N–H and O–H groups in total. The largest absolute Gasteiger partial charge is 0.464 e. The zero-order chi connectivity index (χ0) is 22.7. The monoisotopic (exact) mass is 424 g/mol. The molecule has 1 aromatic heterocycles. The Hall–Kier alpha value is -3.31. The summed E-state index contributed by atoms with van der Waals surface area (Å²) in [6, 6.07) is 12.2. The first-order chi connectivity index (χ1) is 15.4. The molecular formula is C28H28N2O2. The normalized spacial score (nSPS) is 25.3. The highest BCUT2D eigenvalue weighted by molar-refractivity contribution is 5.60. The van der Waals surface area contributed by atoms with Crippen molar-refractivity contribution in [2.24, 2.45) is 17.6 Å². The molecule has 2 atom stereocenters. The fourth-order valence-electron chi connectivity index (χ4n) is 4.42. The molecule has 2 aliphatic rings. The number of hydrogen-bond acceptors (Lipinski definition) is 4. The van der Waals surface area contributed by atoms with Gasteiger partial charge in [0.05, 0.1) is 18.4 Å². The maximum absolute atomic E-state index is 10.1. The Kier molecular flexibility index (Phi) is 6.19. The van der Waals surface area contributed by atoms with Crippen molar-refractivity contribution in [1.29, 1.82) is 5.26 Å². The molecule has 162 valence electrons. The minimum absolute atomic E-state index is 0.201. The lowest BCUT2D eigenvalue weighted by atomic mass is 9.70. The van der Waals surface area contributed by atoms with Crippen LogP contribution in [0.2, 0.25) is 0 Å². The van der Waals surface area contributed by atoms with E-state index in [9.17, 15) is 5.11 Å². The molecule has 32 heavy (non-hydrogen) atoms. The molecule has 1 aromatic carbocycles. The highest BCUT2D eigenvalue weighted by Gasteiger charge is 2.40. The van der Waals surface area contributed by atoms with Crippen LogP contribution in [-0.4, -0.2) is 16.7 Å². The zero-order valence-corrected chi connectivity index (χ0v) is 18.3. The van der Waals surface area contributed by atoms with Gasteiger partial charge in [-0.2, -0.15) is 5.26 Å². The quantitative estimate of drug-likeness (QED) is 0.668. The third-order valence-corrected chi connectivity index (χ3v) is 6.31. The van der Waals surface area contributed by atoms with E-state index in [1.54, 1.807) is 0 Å². The second-order valence-electron chi connectivity index (χ2n) is 8.93. The molecule has 0 aliphatic heterocycles. The topological polar surface area (TPSA) is 83.2 Å². The molecule has 0 saturated heterocycles. The Morgan fingerprint density at radius 1 is 1.34 bits per heavy atom. The van der Waals surface area contributed by atoms with E-state index >= 15 is 0 Å². The van der Waals surface area contributed by atoms with Crippen molar-refractivity contribution in [2.45, 2.75) is 44.2 Å². The average molecular weight is 425 g/mol. The summed E-state index contributed by atoms with van der Waals surface area (Å²) in [5.41, 5.74) is 10.3. The molecule has 0 amide bonds. The van der Waals surface area contributed by atoms with Gasteiger partial charge in [-0.05, 0) is 73.4 Å². The van der Waals surface area contributed by atoms with Crippen molar-refractivity contribution in [2.75, 3.05) is 0 Å². The number of nitrogens with two attached hydrogens (primary N) is 1. The van der Waals surface area contributed by atoms with Crippen LogP contribution in [0.5, 0.6) is 0 Å². The highest BCUT2D eigenvalue weighted by atomic mass is 16.3. The van der Waals surface area contributed by atoms with Gasteiger partial charge in [-0.1, -0.05) is 48.8 Å². The van der Waals surface area contributed by atoms with Crippen LogP contribution >= 0.6 is 0 Å². The standard InChI is InChI=1S/C28H28N2O2/c1-3-24-9-8-21(13-26(24)19(2)31)12-23-14-27(32-17-23)25-10-6-20(7-11-25)4-5-22-15-28(30,16-22)18-29/h3,6-11,14,17,19,21-22,31H,1,12-13,15-16,30H2,2H3/t19-,21?,22?,28?/m0/s1. The highest BCUT2D eigenvalue weighted by Crippen LogP contribution is 2.35. The summed E-state index contributed by atoms with van der Waals surface area (Å²) >= 11 is 0. The van der Waals surface area contributed by atoms with Crippen LogP contribution in [0, 0.1) is 35.0 Å². The maximum atomic E-state index is 10.1. The smallest absolute Gasteiger partial charge is 0.134 e. The SMILES string of the molecule is C=CC1=C([C@H](C)O)CC(Cc2coc(-c3ccc(C#CC4CC(N)(C#N)C4)cc3)c2)C=C1. The van der Waals surface area contributed by atoms with Crippen LogP contribution < -0.4 is 5.73 Å². The van der Waals surface area contributed by atoms with Crippen molar-refractivity contribution in [3.8, 4) is 29.2 Å². The molecule has 2 aliphatic carbocycles. The van der Waals surface area contributed by atoms with Crippen LogP contribution in [0.3, 0.4) is 0 Å². The van der Waals surface area contributed by atoms with E-state index < -0.39 is 11.6 Å². The van der Waals surface area contributed by atoms with Crippen LogP contribution in [0.4, 0.5) is 0 Å². The second kappa shape index (κ2) is 9.05. The number of benzene rings is 1. The molecule has 1 unspecified atom stereocenters. The van der Waals surface area contributed by atoms with E-state index in [-0.39, 0.29) is 5.92 Å². The van der Waals surface area contributed by atoms with Crippen LogP contribution in [0.1, 0.15) is 37.3 Å². The molecule has 1 fully saturated rings. The predicted octanol–water partition coefficient (Wildman–Crippen LogP) is 4.91. The molecular weight excluding hydrogens is 396 g/mol. The summed E-state index contributed by atoms with van der Waals surface area (Å²) in [5, 5.41) is 19.1. The summed E-state index contributed by atoms with van der Waals surface area (Å²) in [6.07, 6.45) is 10.4. The number of nitrogens with zero attached hydrogens (tertiary/aromatic N) is 1. The van der Waals surface area contributed by atoms with E-state index in [1.165, 1.54) is 0 Å². The fraction of sp³-hybridized carbons (Fsp3) is 0.321. The summed E-state index contributed by atoms with van der Waals surface area (Å²) in [4.78, 5) is 0. The first kappa shape index (κ1) is 21.9. The number of aliphatic hydroxyl groups is 1. The maximum Gasteiger partial charge on any atom is 0.134 e. The lowest BCUT2D eigenvalue weighted by Crippen LogP contribution is -2.50. The molecule has 1 heterocycles. The predicted molar refractivity (Wildman–Crippen MR) is 126 cm³/mol. The lowest BCUT2D eigenvalue weighted by Gasteiger charge is -2.36. The van der Waals surface area contributed by atoms with Gasteiger partial charge in [0.15, 0.2) is 0 Å². The number of nitriles is 1. The average Bonchev–Trinajstić information content (AvgIpc) is 3.24. The Morgan fingerprint density at radius 3 is 2.75 bits per heavy atom. The Bertz CT molecular complexity index is 1160. The second-order valence-corrected chi connectivity index (χ2v) is 8.93. The van der Waals surface area contributed by atoms with Gasteiger partial charge in [0, 0.05) is 17.0 Å². The number of allylic oxidation sites excluding steroid dienone is 4.